The number of hydrogen-bond donors (Lipinski definition) is 2. The van der Waals surface area contributed by atoms with Gasteiger partial charge in [-0.2, -0.15) is 0 Å². The largest absolute Gasteiger partial charge is 0.466 e. The minimum absolute atomic E-state index is 0.156. The van der Waals surface area contributed by atoms with E-state index in [1.165, 1.54) is 6.92 Å². The molecule has 1 aromatic rings. The molecule has 132 valence electrons. The first-order valence-corrected chi connectivity index (χ1v) is 7.89. The summed E-state index contributed by atoms with van der Waals surface area (Å²) >= 11 is 0. The molecule has 0 radical (unpaired) electrons. The zero-order valence-corrected chi connectivity index (χ0v) is 14.1. The Labute approximate surface area is 141 Å². The van der Waals surface area contributed by atoms with Crippen LogP contribution < -0.4 is 10.6 Å². The Bertz CT molecular complexity index is 542. The summed E-state index contributed by atoms with van der Waals surface area (Å²) in [4.78, 5) is 33.7. The Morgan fingerprint density at radius 3 is 2.38 bits per heavy atom. The Morgan fingerprint density at radius 2 is 1.75 bits per heavy atom. The third kappa shape index (κ3) is 8.28. The van der Waals surface area contributed by atoms with Gasteiger partial charge in [-0.15, -0.1) is 0 Å². The quantitative estimate of drug-likeness (QED) is 0.489. The van der Waals surface area contributed by atoms with Crippen LogP contribution in [-0.2, 0) is 25.6 Å². The summed E-state index contributed by atoms with van der Waals surface area (Å²) in [5.74, 6) is -0.807. The topological polar surface area (TPSA) is 93.7 Å². The first-order valence-electron chi connectivity index (χ1n) is 7.89. The third-order valence-electron chi connectivity index (χ3n) is 3.05. The fraction of sp³-hybridized carbons (Fsp3) is 0.471. The normalized spacial score (nSPS) is 10.1. The number of carbonyl (C=O) groups excluding carboxylic acids is 3. The number of esters is 2. The molecule has 0 aliphatic carbocycles. The summed E-state index contributed by atoms with van der Waals surface area (Å²) < 4.78 is 9.58. The molecule has 0 saturated carbocycles. The second-order valence-electron chi connectivity index (χ2n) is 5.02. The van der Waals surface area contributed by atoms with E-state index in [1.54, 1.807) is 19.1 Å². The van der Waals surface area contributed by atoms with Gasteiger partial charge in [-0.05, 0) is 24.6 Å². The number of hydrogen-bond acceptors (Lipinski definition) is 6. The van der Waals surface area contributed by atoms with Crippen molar-refractivity contribution in [2.75, 3.05) is 26.3 Å². The van der Waals surface area contributed by atoms with Crippen LogP contribution in [0.5, 0.6) is 0 Å². The highest BCUT2D eigenvalue weighted by Crippen LogP contribution is 2.04. The second-order valence-corrected chi connectivity index (χ2v) is 5.02. The predicted octanol–water partition coefficient (Wildman–Crippen LogP) is 1.02. The number of ether oxygens (including phenoxy) is 2. The monoisotopic (exact) mass is 336 g/mol. The standard InChI is InChI=1S/C17H24N2O5/c1-3-23-16(21)8-9-18-12-14-4-6-15(7-5-14)17(22)19-10-11-24-13(2)20/h4-7,18H,3,8-12H2,1-2H3,(H,19,22). The highest BCUT2D eigenvalue weighted by atomic mass is 16.5. The summed E-state index contributed by atoms with van der Waals surface area (Å²) in [7, 11) is 0. The molecule has 24 heavy (non-hydrogen) atoms. The van der Waals surface area contributed by atoms with E-state index < -0.39 is 0 Å². The number of benzene rings is 1. The van der Waals surface area contributed by atoms with Crippen LogP contribution in [0.4, 0.5) is 0 Å². The van der Waals surface area contributed by atoms with E-state index in [0.717, 1.165) is 5.56 Å². The molecule has 1 amide bonds. The van der Waals surface area contributed by atoms with E-state index in [0.29, 0.717) is 31.7 Å². The maximum atomic E-state index is 11.9. The molecule has 1 aromatic carbocycles. The predicted molar refractivity (Wildman–Crippen MR) is 88.4 cm³/mol. The minimum atomic E-state index is -0.371. The van der Waals surface area contributed by atoms with E-state index >= 15 is 0 Å². The van der Waals surface area contributed by atoms with Gasteiger partial charge in [0.1, 0.15) is 6.61 Å². The zero-order valence-electron chi connectivity index (χ0n) is 14.1. The zero-order chi connectivity index (χ0) is 17.8. The lowest BCUT2D eigenvalue weighted by molar-refractivity contribution is -0.143. The fourth-order valence-electron chi connectivity index (χ4n) is 1.89. The summed E-state index contributed by atoms with van der Waals surface area (Å²) in [6.45, 7) is 5.06. The van der Waals surface area contributed by atoms with Gasteiger partial charge in [0.2, 0.25) is 0 Å². The molecular weight excluding hydrogens is 312 g/mol. The molecule has 2 N–H and O–H groups in total. The van der Waals surface area contributed by atoms with Crippen molar-refractivity contribution in [1.82, 2.24) is 10.6 Å². The van der Waals surface area contributed by atoms with Crippen molar-refractivity contribution in [2.45, 2.75) is 26.8 Å². The lowest BCUT2D eigenvalue weighted by Gasteiger charge is -2.07. The first-order chi connectivity index (χ1) is 11.5. The van der Waals surface area contributed by atoms with Crippen molar-refractivity contribution >= 4 is 17.8 Å². The maximum Gasteiger partial charge on any atom is 0.307 e. The second kappa shape index (κ2) is 11.2. The molecule has 0 fully saturated rings. The summed E-state index contributed by atoms with van der Waals surface area (Å²) in [6.07, 6.45) is 0.330. The highest BCUT2D eigenvalue weighted by molar-refractivity contribution is 5.94. The van der Waals surface area contributed by atoms with E-state index in [-0.39, 0.29) is 31.0 Å². The molecule has 7 heteroatoms. The first kappa shape index (κ1) is 19.6. The Morgan fingerprint density at radius 1 is 1.04 bits per heavy atom. The van der Waals surface area contributed by atoms with Gasteiger partial charge in [0.25, 0.3) is 5.91 Å². The van der Waals surface area contributed by atoms with Gasteiger partial charge >= 0.3 is 11.9 Å². The molecule has 1 rings (SSSR count). The van der Waals surface area contributed by atoms with Crippen molar-refractivity contribution in [2.24, 2.45) is 0 Å². The average molecular weight is 336 g/mol. The molecule has 0 saturated heterocycles. The molecule has 0 bridgehead atoms. The van der Waals surface area contributed by atoms with E-state index in [9.17, 15) is 14.4 Å². The molecule has 0 spiro atoms. The van der Waals surface area contributed by atoms with Crippen LogP contribution in [0.15, 0.2) is 24.3 Å². The Kier molecular flexibility index (Phi) is 9.14. The van der Waals surface area contributed by atoms with Crippen molar-refractivity contribution in [3.63, 3.8) is 0 Å². The van der Waals surface area contributed by atoms with Crippen molar-refractivity contribution < 1.29 is 23.9 Å². The van der Waals surface area contributed by atoms with Crippen LogP contribution in [0, 0.1) is 0 Å². The Hall–Kier alpha value is -2.41. The number of amides is 1. The van der Waals surface area contributed by atoms with Gasteiger partial charge in [0, 0.05) is 25.6 Å². The van der Waals surface area contributed by atoms with E-state index in [2.05, 4.69) is 10.6 Å². The van der Waals surface area contributed by atoms with Gasteiger partial charge in [-0.1, -0.05) is 12.1 Å². The molecule has 0 heterocycles. The van der Waals surface area contributed by atoms with E-state index in [4.69, 9.17) is 9.47 Å². The average Bonchev–Trinajstić information content (AvgIpc) is 2.56. The van der Waals surface area contributed by atoms with Crippen LogP contribution >= 0.6 is 0 Å². The van der Waals surface area contributed by atoms with Crippen LogP contribution in [0.1, 0.15) is 36.2 Å². The smallest absolute Gasteiger partial charge is 0.307 e. The SMILES string of the molecule is CCOC(=O)CCNCc1ccc(C(=O)NCCOC(C)=O)cc1. The molecule has 7 nitrogen and oxygen atoms in total. The lowest BCUT2D eigenvalue weighted by atomic mass is 10.1. The van der Waals surface area contributed by atoms with Crippen molar-refractivity contribution in [3.05, 3.63) is 35.4 Å². The van der Waals surface area contributed by atoms with E-state index in [1.807, 2.05) is 12.1 Å². The van der Waals surface area contributed by atoms with Crippen LogP contribution in [0.25, 0.3) is 0 Å². The fourth-order valence-corrected chi connectivity index (χ4v) is 1.89. The van der Waals surface area contributed by atoms with Gasteiger partial charge in [-0.3, -0.25) is 14.4 Å². The summed E-state index contributed by atoms with van der Waals surface area (Å²) in [5, 5.41) is 5.81. The van der Waals surface area contributed by atoms with Crippen LogP contribution in [0.2, 0.25) is 0 Å². The lowest BCUT2D eigenvalue weighted by Crippen LogP contribution is -2.27. The van der Waals surface area contributed by atoms with Gasteiger partial charge in [-0.25, -0.2) is 0 Å². The third-order valence-corrected chi connectivity index (χ3v) is 3.05. The van der Waals surface area contributed by atoms with Gasteiger partial charge in [0.05, 0.1) is 19.6 Å². The summed E-state index contributed by atoms with van der Waals surface area (Å²) in [5.41, 5.74) is 1.54. The number of nitrogens with one attached hydrogen (secondary N) is 2. The molecule has 0 aliphatic heterocycles. The van der Waals surface area contributed by atoms with Crippen LogP contribution in [0.3, 0.4) is 0 Å². The van der Waals surface area contributed by atoms with Crippen LogP contribution in [-0.4, -0.2) is 44.1 Å². The maximum absolute atomic E-state index is 11.9. The molecule has 0 atom stereocenters. The van der Waals surface area contributed by atoms with Crippen molar-refractivity contribution in [1.29, 1.82) is 0 Å². The molecule has 0 aliphatic rings. The number of carbonyl (C=O) groups is 3. The molecule has 0 unspecified atom stereocenters. The van der Waals surface area contributed by atoms with Gasteiger partial charge in [0.15, 0.2) is 0 Å². The highest BCUT2D eigenvalue weighted by Gasteiger charge is 2.05. The van der Waals surface area contributed by atoms with Gasteiger partial charge < -0.3 is 20.1 Å². The van der Waals surface area contributed by atoms with Crippen molar-refractivity contribution in [3.8, 4) is 0 Å². The molecule has 0 aromatic heterocycles. The molecular formula is C17H24N2O5. The summed E-state index contributed by atoms with van der Waals surface area (Å²) in [6, 6.07) is 7.14. The number of rotatable bonds is 10. The Balaban J connectivity index is 2.28. The minimum Gasteiger partial charge on any atom is -0.466 e.